The van der Waals surface area contributed by atoms with Gasteiger partial charge in [-0.2, -0.15) is 9.61 Å². The van der Waals surface area contributed by atoms with E-state index < -0.39 is 0 Å². The van der Waals surface area contributed by atoms with Crippen LogP contribution in [0.5, 0.6) is 5.75 Å². The minimum Gasteiger partial charge on any atom is -0.497 e. The fraction of sp³-hybridized carbons (Fsp3) is 0.400. The molecule has 0 radical (unpaired) electrons. The predicted molar refractivity (Wildman–Crippen MR) is 108 cm³/mol. The molecule has 7 nitrogen and oxygen atoms in total. The first kappa shape index (κ1) is 18.7. The third-order valence-corrected chi connectivity index (χ3v) is 5.96. The maximum Gasteiger partial charge on any atom is 0.233 e. The number of benzene rings is 1. The highest BCUT2D eigenvalue weighted by Gasteiger charge is 2.21. The van der Waals surface area contributed by atoms with Crippen molar-refractivity contribution >= 4 is 23.3 Å². The number of aromatic nitrogens is 4. The highest BCUT2D eigenvalue weighted by Crippen LogP contribution is 2.24. The number of carbonyl (C=O) groups is 1. The van der Waals surface area contributed by atoms with Gasteiger partial charge in [-0.15, -0.1) is 10.2 Å². The van der Waals surface area contributed by atoms with Crippen LogP contribution in [-0.2, 0) is 4.79 Å². The molecule has 1 fully saturated rings. The van der Waals surface area contributed by atoms with Crippen LogP contribution in [0.2, 0.25) is 0 Å². The average molecular weight is 398 g/mol. The summed E-state index contributed by atoms with van der Waals surface area (Å²) in [5.41, 5.74) is 2.40. The van der Waals surface area contributed by atoms with Crippen molar-refractivity contribution in [3.05, 3.63) is 36.4 Å². The van der Waals surface area contributed by atoms with Gasteiger partial charge in [0.15, 0.2) is 5.65 Å². The second kappa shape index (κ2) is 8.18. The Hall–Kier alpha value is -2.61. The number of rotatable bonds is 5. The van der Waals surface area contributed by atoms with Crippen LogP contribution in [0.4, 0.5) is 0 Å². The second-order valence-corrected chi connectivity index (χ2v) is 8.00. The highest BCUT2D eigenvalue weighted by molar-refractivity contribution is 7.99. The summed E-state index contributed by atoms with van der Waals surface area (Å²) >= 11 is 1.38. The Balaban J connectivity index is 1.51. The van der Waals surface area contributed by atoms with Crippen molar-refractivity contribution in [2.45, 2.75) is 24.9 Å². The first-order valence-electron chi connectivity index (χ1n) is 9.41. The monoisotopic (exact) mass is 397 g/mol. The summed E-state index contributed by atoms with van der Waals surface area (Å²) in [5, 5.41) is 13.7. The Morgan fingerprint density at radius 1 is 1.21 bits per heavy atom. The van der Waals surface area contributed by atoms with E-state index in [1.165, 1.54) is 11.8 Å². The molecule has 0 bridgehead atoms. The molecule has 1 aliphatic heterocycles. The van der Waals surface area contributed by atoms with Gasteiger partial charge in [0.25, 0.3) is 0 Å². The first-order chi connectivity index (χ1) is 13.6. The summed E-state index contributed by atoms with van der Waals surface area (Å²) in [4.78, 5) is 14.5. The van der Waals surface area contributed by atoms with Crippen LogP contribution in [0.1, 0.15) is 19.8 Å². The zero-order valence-corrected chi connectivity index (χ0v) is 16.9. The van der Waals surface area contributed by atoms with Crippen LogP contribution in [-0.4, -0.2) is 56.6 Å². The zero-order chi connectivity index (χ0) is 19.5. The lowest BCUT2D eigenvalue weighted by atomic mass is 9.99. The molecule has 0 spiro atoms. The maximum absolute atomic E-state index is 12.5. The maximum atomic E-state index is 12.5. The Kier molecular flexibility index (Phi) is 5.47. The van der Waals surface area contributed by atoms with Crippen LogP contribution in [0.25, 0.3) is 16.9 Å². The molecule has 0 N–H and O–H groups in total. The molecular formula is C20H23N5O2S. The summed E-state index contributed by atoms with van der Waals surface area (Å²) in [6.45, 7) is 3.93. The quantitative estimate of drug-likeness (QED) is 0.616. The number of methoxy groups -OCH3 is 1. The molecule has 3 heterocycles. The van der Waals surface area contributed by atoms with Crippen molar-refractivity contribution in [1.29, 1.82) is 0 Å². The Morgan fingerprint density at radius 3 is 2.82 bits per heavy atom. The van der Waals surface area contributed by atoms with Crippen molar-refractivity contribution in [1.82, 2.24) is 24.7 Å². The van der Waals surface area contributed by atoms with E-state index in [2.05, 4.69) is 22.2 Å². The van der Waals surface area contributed by atoms with Crippen molar-refractivity contribution in [2.75, 3.05) is 26.0 Å². The largest absolute Gasteiger partial charge is 0.497 e. The molecule has 3 aromatic rings. The number of fused-ring (bicyclic) bond motifs is 1. The molecule has 4 rings (SSSR count). The molecule has 146 valence electrons. The van der Waals surface area contributed by atoms with Crippen LogP contribution in [0, 0.1) is 5.92 Å². The van der Waals surface area contributed by atoms with Crippen molar-refractivity contribution < 1.29 is 9.53 Å². The molecular weight excluding hydrogens is 374 g/mol. The lowest BCUT2D eigenvalue weighted by molar-refractivity contribution is -0.129. The van der Waals surface area contributed by atoms with Crippen molar-refractivity contribution in [2.24, 2.45) is 5.92 Å². The lowest BCUT2D eigenvalue weighted by Crippen LogP contribution is -2.38. The summed E-state index contributed by atoms with van der Waals surface area (Å²) in [7, 11) is 1.64. The van der Waals surface area contributed by atoms with E-state index in [4.69, 9.17) is 4.74 Å². The minimum atomic E-state index is 0.151. The fourth-order valence-electron chi connectivity index (χ4n) is 3.27. The average Bonchev–Trinajstić information content (AvgIpc) is 3.15. The summed E-state index contributed by atoms with van der Waals surface area (Å²) in [6, 6.07) is 11.5. The van der Waals surface area contributed by atoms with Gasteiger partial charge in [0.2, 0.25) is 11.1 Å². The molecule has 1 saturated heterocycles. The molecule has 2 aromatic heterocycles. The standard InChI is InChI=1S/C20H23N5O2S/c1-14-8-10-24(11-9-14)19(26)13-28-20-22-21-18-7-6-17(23-25(18)20)15-4-3-5-16(12-15)27-2/h3-7,12,14H,8-11,13H2,1-2H3. The third kappa shape index (κ3) is 3.96. The number of hydrogen-bond acceptors (Lipinski definition) is 6. The number of amides is 1. The number of carbonyl (C=O) groups excluding carboxylic acids is 1. The number of thioether (sulfide) groups is 1. The molecule has 0 saturated carbocycles. The smallest absolute Gasteiger partial charge is 0.233 e. The normalized spacial score (nSPS) is 15.1. The Bertz CT molecular complexity index is 982. The SMILES string of the molecule is COc1cccc(-c2ccc3nnc(SCC(=O)N4CCC(C)CC4)n3n2)c1. The summed E-state index contributed by atoms with van der Waals surface area (Å²) < 4.78 is 7.00. The van der Waals surface area contributed by atoms with Crippen LogP contribution < -0.4 is 4.74 Å². The van der Waals surface area contributed by atoms with E-state index in [1.54, 1.807) is 11.6 Å². The van der Waals surface area contributed by atoms with Gasteiger partial charge in [-0.05, 0) is 43.0 Å². The fourth-order valence-corrected chi connectivity index (χ4v) is 4.06. The van der Waals surface area contributed by atoms with Crippen LogP contribution in [0.3, 0.4) is 0 Å². The molecule has 8 heteroatoms. The molecule has 0 unspecified atom stereocenters. The van der Waals surface area contributed by atoms with E-state index in [0.29, 0.717) is 22.5 Å². The van der Waals surface area contributed by atoms with Gasteiger partial charge in [0, 0.05) is 18.7 Å². The van der Waals surface area contributed by atoms with E-state index in [0.717, 1.165) is 42.9 Å². The van der Waals surface area contributed by atoms with Crippen molar-refractivity contribution in [3.63, 3.8) is 0 Å². The number of piperidine rings is 1. The first-order valence-corrected chi connectivity index (χ1v) is 10.4. The van der Waals surface area contributed by atoms with Gasteiger partial charge in [-0.3, -0.25) is 4.79 Å². The molecule has 0 atom stereocenters. The van der Waals surface area contributed by atoms with Gasteiger partial charge in [-0.1, -0.05) is 30.8 Å². The third-order valence-electron chi connectivity index (χ3n) is 5.06. The number of hydrogen-bond donors (Lipinski definition) is 0. The molecule has 1 aliphatic rings. The van der Waals surface area contributed by atoms with Crippen molar-refractivity contribution in [3.8, 4) is 17.0 Å². The number of nitrogens with zero attached hydrogens (tertiary/aromatic N) is 5. The van der Waals surface area contributed by atoms with Gasteiger partial charge < -0.3 is 9.64 Å². The molecule has 28 heavy (non-hydrogen) atoms. The van der Waals surface area contributed by atoms with Gasteiger partial charge in [-0.25, -0.2) is 0 Å². The van der Waals surface area contributed by atoms with Gasteiger partial charge in [0.1, 0.15) is 5.75 Å². The number of likely N-dealkylation sites (tertiary alicyclic amines) is 1. The Morgan fingerprint density at radius 2 is 2.04 bits per heavy atom. The zero-order valence-electron chi connectivity index (χ0n) is 16.0. The van der Waals surface area contributed by atoms with E-state index >= 15 is 0 Å². The topological polar surface area (TPSA) is 72.6 Å². The number of ether oxygens (including phenoxy) is 1. The minimum absolute atomic E-state index is 0.151. The predicted octanol–water partition coefficient (Wildman–Crippen LogP) is 3.15. The summed E-state index contributed by atoms with van der Waals surface area (Å²) in [6.07, 6.45) is 2.16. The highest BCUT2D eigenvalue weighted by atomic mass is 32.2. The second-order valence-electron chi connectivity index (χ2n) is 7.06. The van der Waals surface area contributed by atoms with Crippen LogP contribution in [0.15, 0.2) is 41.6 Å². The van der Waals surface area contributed by atoms with E-state index in [9.17, 15) is 4.79 Å². The summed E-state index contributed by atoms with van der Waals surface area (Å²) in [5.74, 6) is 1.98. The van der Waals surface area contributed by atoms with Crippen LogP contribution >= 0.6 is 11.8 Å². The van der Waals surface area contributed by atoms with E-state index in [-0.39, 0.29) is 5.91 Å². The Labute approximate surface area is 168 Å². The molecule has 0 aliphatic carbocycles. The molecule has 1 amide bonds. The van der Waals surface area contributed by atoms with Gasteiger partial charge >= 0.3 is 0 Å². The van der Waals surface area contributed by atoms with E-state index in [1.807, 2.05) is 41.3 Å². The van der Waals surface area contributed by atoms with Gasteiger partial charge in [0.05, 0.1) is 18.6 Å². The lowest BCUT2D eigenvalue weighted by Gasteiger charge is -2.30. The molecule has 1 aromatic carbocycles.